The molecule has 0 spiro atoms. The summed E-state index contributed by atoms with van der Waals surface area (Å²) in [7, 11) is 0. The predicted molar refractivity (Wildman–Crippen MR) is 140 cm³/mol. The Balaban J connectivity index is 1.43. The molecule has 7 nitrogen and oxygen atoms in total. The van der Waals surface area contributed by atoms with Crippen molar-refractivity contribution in [3.63, 3.8) is 0 Å². The molecular weight excluding hydrogens is 493 g/mol. The molecule has 0 radical (unpaired) electrons. The third-order valence-electron chi connectivity index (χ3n) is 6.79. The van der Waals surface area contributed by atoms with E-state index in [2.05, 4.69) is 11.8 Å². The minimum absolute atomic E-state index is 0.0412. The number of aryl methyl sites for hydroxylation is 2. The monoisotopic (exact) mass is 522 g/mol. The fourth-order valence-electron chi connectivity index (χ4n) is 4.76. The quantitative estimate of drug-likeness (QED) is 0.337. The summed E-state index contributed by atoms with van der Waals surface area (Å²) in [5.74, 6) is 1.13. The van der Waals surface area contributed by atoms with Crippen molar-refractivity contribution in [2.45, 2.75) is 39.3 Å². The first-order valence-corrected chi connectivity index (χ1v) is 12.8. The number of hydrogen-bond acceptors (Lipinski definition) is 5. The van der Waals surface area contributed by atoms with Crippen LogP contribution < -0.4 is 4.90 Å². The molecule has 10 heteroatoms. The van der Waals surface area contributed by atoms with Crippen molar-refractivity contribution in [1.82, 2.24) is 24.6 Å². The Bertz CT molecular complexity index is 1440. The molecular formula is C28H29F3N6O. The molecule has 0 atom stereocenters. The van der Waals surface area contributed by atoms with Crippen LogP contribution in [0.25, 0.3) is 16.7 Å². The number of fused-ring (bicyclic) bond motifs is 1. The van der Waals surface area contributed by atoms with Crippen molar-refractivity contribution >= 4 is 22.8 Å². The Morgan fingerprint density at radius 1 is 0.974 bits per heavy atom. The highest BCUT2D eigenvalue weighted by Crippen LogP contribution is 2.31. The van der Waals surface area contributed by atoms with Gasteiger partial charge in [-0.15, -0.1) is 0 Å². The van der Waals surface area contributed by atoms with Gasteiger partial charge in [-0.1, -0.05) is 37.6 Å². The van der Waals surface area contributed by atoms with Crippen LogP contribution >= 0.6 is 0 Å². The summed E-state index contributed by atoms with van der Waals surface area (Å²) in [6.45, 7) is 5.81. The number of nitrogens with zero attached hydrogens (tertiary/aromatic N) is 6. The second-order valence-electron chi connectivity index (χ2n) is 9.46. The van der Waals surface area contributed by atoms with Crippen molar-refractivity contribution in [1.29, 1.82) is 0 Å². The minimum atomic E-state index is -4.50. The number of para-hydroxylation sites is 1. The molecule has 1 aliphatic rings. The Morgan fingerprint density at radius 3 is 2.39 bits per heavy atom. The Morgan fingerprint density at radius 2 is 1.71 bits per heavy atom. The second kappa shape index (κ2) is 10.4. The van der Waals surface area contributed by atoms with E-state index in [1.165, 1.54) is 12.1 Å². The number of aromatic nitrogens is 4. The molecule has 198 valence electrons. The van der Waals surface area contributed by atoms with Gasteiger partial charge in [0.05, 0.1) is 22.3 Å². The van der Waals surface area contributed by atoms with Crippen LogP contribution in [0.3, 0.4) is 0 Å². The molecule has 4 aromatic rings. The van der Waals surface area contributed by atoms with E-state index in [4.69, 9.17) is 15.1 Å². The highest BCUT2D eigenvalue weighted by molar-refractivity contribution is 5.95. The minimum Gasteiger partial charge on any atom is -0.352 e. The van der Waals surface area contributed by atoms with E-state index in [1.54, 1.807) is 4.90 Å². The Hall–Kier alpha value is -3.95. The van der Waals surface area contributed by atoms with Gasteiger partial charge in [-0.25, -0.2) is 14.6 Å². The average molecular weight is 523 g/mol. The molecule has 1 saturated heterocycles. The zero-order valence-corrected chi connectivity index (χ0v) is 21.4. The van der Waals surface area contributed by atoms with Gasteiger partial charge in [0.25, 0.3) is 5.91 Å². The van der Waals surface area contributed by atoms with Crippen LogP contribution in [0, 0.1) is 6.92 Å². The molecule has 1 amide bonds. The fraction of sp³-hybridized carbons (Fsp3) is 0.357. The molecule has 2 aromatic carbocycles. The van der Waals surface area contributed by atoms with Crippen LogP contribution in [0.2, 0.25) is 0 Å². The normalized spacial score (nSPS) is 14.3. The number of unbranched alkanes of at least 4 members (excludes halogenated alkanes) is 1. The SMILES string of the molecule is CCCCc1nc(N2CCN(C(=O)c3cccc(C(F)(F)F)c3)CC2)c2c(C)nn(-c3ccccc3)c2n1. The van der Waals surface area contributed by atoms with E-state index in [1.807, 2.05) is 41.9 Å². The van der Waals surface area contributed by atoms with Gasteiger partial charge in [0.2, 0.25) is 0 Å². The topological polar surface area (TPSA) is 67.2 Å². The molecule has 0 bridgehead atoms. The molecule has 2 aromatic heterocycles. The third-order valence-corrected chi connectivity index (χ3v) is 6.79. The molecule has 3 heterocycles. The standard InChI is InChI=1S/C28H29F3N6O/c1-3-4-13-23-32-25(24-19(2)34-37(26(24)33-23)22-11-6-5-7-12-22)35-14-16-36(17-15-35)27(38)20-9-8-10-21(18-20)28(29,30)31/h5-12,18H,3-4,13-17H2,1-2H3. The van der Waals surface area contributed by atoms with E-state index in [0.717, 1.165) is 65.5 Å². The number of alkyl halides is 3. The number of piperazine rings is 1. The van der Waals surface area contributed by atoms with Gasteiger partial charge in [-0.3, -0.25) is 4.79 Å². The lowest BCUT2D eigenvalue weighted by Crippen LogP contribution is -2.49. The maximum atomic E-state index is 13.1. The largest absolute Gasteiger partial charge is 0.416 e. The predicted octanol–water partition coefficient (Wildman–Crippen LogP) is 5.45. The van der Waals surface area contributed by atoms with Gasteiger partial charge < -0.3 is 9.80 Å². The summed E-state index contributed by atoms with van der Waals surface area (Å²) >= 11 is 0. The molecule has 0 unspecified atom stereocenters. The lowest BCUT2D eigenvalue weighted by Gasteiger charge is -2.36. The molecule has 38 heavy (non-hydrogen) atoms. The lowest BCUT2D eigenvalue weighted by atomic mass is 10.1. The molecule has 5 rings (SSSR count). The zero-order chi connectivity index (χ0) is 26.9. The highest BCUT2D eigenvalue weighted by atomic mass is 19.4. The van der Waals surface area contributed by atoms with Crippen LogP contribution in [0.15, 0.2) is 54.6 Å². The number of carbonyl (C=O) groups excluding carboxylic acids is 1. The first-order valence-electron chi connectivity index (χ1n) is 12.8. The van der Waals surface area contributed by atoms with Crippen LogP contribution in [-0.2, 0) is 12.6 Å². The van der Waals surface area contributed by atoms with E-state index in [0.29, 0.717) is 26.2 Å². The maximum Gasteiger partial charge on any atom is 0.416 e. The van der Waals surface area contributed by atoms with Crippen molar-refractivity contribution in [3.8, 4) is 5.69 Å². The molecule has 0 N–H and O–H groups in total. The van der Waals surface area contributed by atoms with E-state index in [-0.39, 0.29) is 5.56 Å². The number of anilines is 1. The van der Waals surface area contributed by atoms with Gasteiger partial charge in [0.15, 0.2) is 5.65 Å². The summed E-state index contributed by atoms with van der Waals surface area (Å²) in [6, 6.07) is 14.4. The average Bonchev–Trinajstić information content (AvgIpc) is 3.27. The number of carbonyl (C=O) groups is 1. The molecule has 1 aliphatic heterocycles. The number of rotatable bonds is 6. The number of benzene rings is 2. The summed E-state index contributed by atoms with van der Waals surface area (Å²) in [5.41, 5.74) is 1.68. The molecule has 0 saturated carbocycles. The van der Waals surface area contributed by atoms with Crippen LogP contribution in [-0.4, -0.2) is 56.7 Å². The van der Waals surface area contributed by atoms with Crippen molar-refractivity contribution in [2.75, 3.05) is 31.1 Å². The Labute approximate surface area is 218 Å². The number of halogens is 3. The number of hydrogen-bond donors (Lipinski definition) is 0. The third kappa shape index (κ3) is 5.07. The van der Waals surface area contributed by atoms with Gasteiger partial charge in [0.1, 0.15) is 11.6 Å². The smallest absolute Gasteiger partial charge is 0.352 e. The first kappa shape index (κ1) is 25.7. The van der Waals surface area contributed by atoms with Crippen LogP contribution in [0.1, 0.15) is 47.2 Å². The zero-order valence-electron chi connectivity index (χ0n) is 21.4. The highest BCUT2D eigenvalue weighted by Gasteiger charge is 2.32. The molecule has 0 aliphatic carbocycles. The maximum absolute atomic E-state index is 13.1. The van der Waals surface area contributed by atoms with Crippen molar-refractivity contribution in [2.24, 2.45) is 0 Å². The fourth-order valence-corrected chi connectivity index (χ4v) is 4.76. The lowest BCUT2D eigenvalue weighted by molar-refractivity contribution is -0.137. The van der Waals surface area contributed by atoms with Crippen molar-refractivity contribution in [3.05, 3.63) is 77.2 Å². The Kier molecular flexibility index (Phi) is 7.05. The van der Waals surface area contributed by atoms with E-state index >= 15 is 0 Å². The first-order chi connectivity index (χ1) is 18.3. The van der Waals surface area contributed by atoms with Gasteiger partial charge in [-0.05, 0) is 43.7 Å². The molecule has 1 fully saturated rings. The number of amides is 1. The summed E-state index contributed by atoms with van der Waals surface area (Å²) < 4.78 is 41.3. The summed E-state index contributed by atoms with van der Waals surface area (Å²) in [6.07, 6.45) is -1.77. The van der Waals surface area contributed by atoms with Crippen LogP contribution in [0.4, 0.5) is 19.0 Å². The van der Waals surface area contributed by atoms with E-state index in [9.17, 15) is 18.0 Å². The van der Waals surface area contributed by atoms with E-state index < -0.39 is 17.6 Å². The van der Waals surface area contributed by atoms with Crippen molar-refractivity contribution < 1.29 is 18.0 Å². The summed E-state index contributed by atoms with van der Waals surface area (Å²) in [5, 5.41) is 5.65. The van der Waals surface area contributed by atoms with Gasteiger partial charge >= 0.3 is 6.18 Å². The summed E-state index contributed by atoms with van der Waals surface area (Å²) in [4.78, 5) is 26.6. The second-order valence-corrected chi connectivity index (χ2v) is 9.46. The van der Waals surface area contributed by atoms with Crippen LogP contribution in [0.5, 0.6) is 0 Å². The van der Waals surface area contributed by atoms with Gasteiger partial charge in [-0.2, -0.15) is 18.3 Å². The van der Waals surface area contributed by atoms with Gasteiger partial charge in [0, 0.05) is 38.2 Å².